The Labute approximate surface area is 188 Å². The van der Waals surface area contributed by atoms with Crippen molar-refractivity contribution in [3.63, 3.8) is 0 Å². The Morgan fingerprint density at radius 2 is 1.77 bits per heavy atom. The van der Waals surface area contributed by atoms with Crippen molar-refractivity contribution in [1.82, 2.24) is 4.90 Å². The van der Waals surface area contributed by atoms with Gasteiger partial charge in [0, 0.05) is 41.8 Å². The zero-order valence-electron chi connectivity index (χ0n) is 17.2. The number of rotatable bonds is 5. The van der Waals surface area contributed by atoms with E-state index >= 15 is 0 Å². The van der Waals surface area contributed by atoms with Gasteiger partial charge in [0.1, 0.15) is 0 Å². The van der Waals surface area contributed by atoms with E-state index in [9.17, 15) is 13.2 Å². The van der Waals surface area contributed by atoms with Gasteiger partial charge in [-0.3, -0.25) is 4.90 Å². The first kappa shape index (κ1) is 22.1. The van der Waals surface area contributed by atoms with Crippen LogP contribution in [0.25, 0.3) is 0 Å². The van der Waals surface area contributed by atoms with E-state index in [1.165, 1.54) is 12.1 Å². The molecule has 2 amide bonds. The van der Waals surface area contributed by atoms with Crippen LogP contribution in [0.4, 0.5) is 10.5 Å². The Bertz CT molecular complexity index is 1080. The molecule has 4 N–H and O–H groups in total. The highest BCUT2D eigenvalue weighted by atomic mass is 35.5. The minimum atomic E-state index is -3.82. The molecule has 1 saturated carbocycles. The second kappa shape index (κ2) is 8.43. The van der Waals surface area contributed by atoms with Gasteiger partial charge in [0.25, 0.3) is 0 Å². The molecule has 0 radical (unpaired) electrons. The van der Waals surface area contributed by atoms with Crippen molar-refractivity contribution in [3.05, 3.63) is 59.1 Å². The molecule has 0 aromatic heterocycles. The van der Waals surface area contributed by atoms with E-state index in [1.54, 1.807) is 17.0 Å². The number of anilines is 1. The number of urea groups is 1. The number of benzene rings is 2. The molecule has 9 heteroatoms. The van der Waals surface area contributed by atoms with Gasteiger partial charge in [-0.1, -0.05) is 29.8 Å². The standard InChI is InChI=1S/C22H27ClN4O3S/c23-17-4-1-3-16(13-17)22(15-24)9-7-18(8-10-22)26-11-12-27(21(26)28)19-5-2-6-20(14-19)31(25,29)30/h1-6,13-14,18H,7-12,15,24H2,(H2,25,29,30). The summed E-state index contributed by atoms with van der Waals surface area (Å²) in [4.78, 5) is 16.7. The average molecular weight is 463 g/mol. The van der Waals surface area contributed by atoms with Crippen LogP contribution in [0.15, 0.2) is 53.4 Å². The molecule has 2 aromatic carbocycles. The highest BCUT2D eigenvalue weighted by molar-refractivity contribution is 7.89. The molecule has 1 heterocycles. The number of nitrogens with two attached hydrogens (primary N) is 2. The van der Waals surface area contributed by atoms with E-state index in [-0.39, 0.29) is 22.4 Å². The molecular weight excluding hydrogens is 436 g/mol. The van der Waals surface area contributed by atoms with Gasteiger partial charge in [-0.05, 0) is 61.6 Å². The SMILES string of the molecule is NCC1(c2cccc(Cl)c2)CCC(N2CCN(c3cccc(S(N)(=O)=O)c3)C2=O)CC1. The van der Waals surface area contributed by atoms with Crippen LogP contribution in [-0.2, 0) is 15.4 Å². The van der Waals surface area contributed by atoms with Crippen LogP contribution in [0.1, 0.15) is 31.2 Å². The summed E-state index contributed by atoms with van der Waals surface area (Å²) in [5.41, 5.74) is 7.79. The number of halogens is 1. The molecule has 31 heavy (non-hydrogen) atoms. The average Bonchev–Trinajstić information content (AvgIpc) is 3.14. The van der Waals surface area contributed by atoms with E-state index < -0.39 is 10.0 Å². The smallest absolute Gasteiger partial charge is 0.324 e. The molecule has 0 unspecified atom stereocenters. The van der Waals surface area contributed by atoms with E-state index in [4.69, 9.17) is 22.5 Å². The van der Waals surface area contributed by atoms with Crippen molar-refractivity contribution in [2.24, 2.45) is 10.9 Å². The minimum absolute atomic E-state index is 0.00293. The van der Waals surface area contributed by atoms with Crippen molar-refractivity contribution >= 4 is 33.3 Å². The van der Waals surface area contributed by atoms with Crippen molar-refractivity contribution < 1.29 is 13.2 Å². The molecule has 7 nitrogen and oxygen atoms in total. The normalized spacial score (nSPS) is 24.6. The first-order chi connectivity index (χ1) is 14.7. The minimum Gasteiger partial charge on any atom is -0.330 e. The summed E-state index contributed by atoms with van der Waals surface area (Å²) >= 11 is 6.20. The summed E-state index contributed by atoms with van der Waals surface area (Å²) in [5, 5.41) is 5.95. The molecular formula is C22H27ClN4O3S. The van der Waals surface area contributed by atoms with Gasteiger partial charge < -0.3 is 10.6 Å². The van der Waals surface area contributed by atoms with Crippen molar-refractivity contribution in [2.75, 3.05) is 24.5 Å². The van der Waals surface area contributed by atoms with Crippen LogP contribution in [0.2, 0.25) is 5.02 Å². The van der Waals surface area contributed by atoms with Gasteiger partial charge in [-0.25, -0.2) is 18.4 Å². The number of amides is 2. The summed E-state index contributed by atoms with van der Waals surface area (Å²) in [5.74, 6) is 0. The van der Waals surface area contributed by atoms with Gasteiger partial charge >= 0.3 is 6.03 Å². The molecule has 1 aliphatic heterocycles. The Morgan fingerprint density at radius 1 is 1.06 bits per heavy atom. The first-order valence-electron chi connectivity index (χ1n) is 10.4. The predicted octanol–water partition coefficient (Wildman–Crippen LogP) is 3.07. The molecule has 2 fully saturated rings. The fraction of sp³-hybridized carbons (Fsp3) is 0.409. The fourth-order valence-electron chi connectivity index (χ4n) is 4.86. The Kier molecular flexibility index (Phi) is 6.00. The molecule has 2 aliphatic rings. The molecule has 0 atom stereocenters. The summed E-state index contributed by atoms with van der Waals surface area (Å²) in [7, 11) is -3.82. The number of hydrogen-bond donors (Lipinski definition) is 2. The molecule has 166 valence electrons. The van der Waals surface area contributed by atoms with Gasteiger partial charge in [-0.15, -0.1) is 0 Å². The summed E-state index contributed by atoms with van der Waals surface area (Å²) < 4.78 is 23.3. The number of carbonyl (C=O) groups excluding carboxylic acids is 1. The van der Waals surface area contributed by atoms with Crippen molar-refractivity contribution in [1.29, 1.82) is 0 Å². The topological polar surface area (TPSA) is 110 Å². The highest BCUT2D eigenvalue weighted by Crippen LogP contribution is 2.41. The quantitative estimate of drug-likeness (QED) is 0.711. The number of carbonyl (C=O) groups is 1. The summed E-state index contributed by atoms with van der Waals surface area (Å²) in [6, 6.07) is 14.2. The van der Waals surface area contributed by atoms with Gasteiger partial charge in [0.15, 0.2) is 0 Å². The number of primary sulfonamides is 1. The molecule has 4 rings (SSSR count). The van der Waals surface area contributed by atoms with Crippen molar-refractivity contribution in [2.45, 2.75) is 42.0 Å². The fourth-order valence-corrected chi connectivity index (χ4v) is 5.60. The van der Waals surface area contributed by atoms with Crippen LogP contribution < -0.4 is 15.8 Å². The third kappa shape index (κ3) is 4.30. The lowest BCUT2D eigenvalue weighted by atomic mass is 9.68. The van der Waals surface area contributed by atoms with Crippen LogP contribution >= 0.6 is 11.6 Å². The van der Waals surface area contributed by atoms with Gasteiger partial charge in [0.05, 0.1) is 4.90 Å². The van der Waals surface area contributed by atoms with E-state index in [2.05, 4.69) is 6.07 Å². The number of nitrogens with zero attached hydrogens (tertiary/aromatic N) is 2. The lowest BCUT2D eigenvalue weighted by molar-refractivity contribution is 0.156. The maximum absolute atomic E-state index is 13.1. The molecule has 0 bridgehead atoms. The second-order valence-electron chi connectivity index (χ2n) is 8.40. The van der Waals surface area contributed by atoms with Crippen LogP contribution in [0.3, 0.4) is 0 Å². The van der Waals surface area contributed by atoms with Gasteiger partial charge in [0.2, 0.25) is 10.0 Å². The number of hydrogen-bond acceptors (Lipinski definition) is 4. The largest absolute Gasteiger partial charge is 0.330 e. The third-order valence-electron chi connectivity index (χ3n) is 6.68. The summed E-state index contributed by atoms with van der Waals surface area (Å²) in [6.45, 7) is 1.66. The van der Waals surface area contributed by atoms with E-state index in [0.29, 0.717) is 30.3 Å². The lowest BCUT2D eigenvalue weighted by Gasteiger charge is -2.42. The second-order valence-corrected chi connectivity index (χ2v) is 10.4. The van der Waals surface area contributed by atoms with Crippen LogP contribution in [0.5, 0.6) is 0 Å². The molecule has 1 aliphatic carbocycles. The lowest BCUT2D eigenvalue weighted by Crippen LogP contribution is -2.46. The maximum Gasteiger partial charge on any atom is 0.324 e. The van der Waals surface area contributed by atoms with E-state index in [0.717, 1.165) is 31.2 Å². The predicted molar refractivity (Wildman–Crippen MR) is 122 cm³/mol. The monoisotopic (exact) mass is 462 g/mol. The zero-order chi connectivity index (χ0) is 22.2. The van der Waals surface area contributed by atoms with Crippen molar-refractivity contribution in [3.8, 4) is 0 Å². The van der Waals surface area contributed by atoms with Crippen LogP contribution in [-0.4, -0.2) is 45.0 Å². The Hall–Kier alpha value is -2.13. The maximum atomic E-state index is 13.1. The summed E-state index contributed by atoms with van der Waals surface area (Å²) in [6.07, 6.45) is 3.50. The van der Waals surface area contributed by atoms with Crippen LogP contribution in [0, 0.1) is 0 Å². The Balaban J connectivity index is 1.47. The zero-order valence-corrected chi connectivity index (χ0v) is 18.8. The Morgan fingerprint density at radius 3 is 2.42 bits per heavy atom. The first-order valence-corrected chi connectivity index (χ1v) is 12.3. The highest BCUT2D eigenvalue weighted by Gasteiger charge is 2.41. The molecule has 1 saturated heterocycles. The van der Waals surface area contributed by atoms with E-state index in [1.807, 2.05) is 23.1 Å². The molecule has 0 spiro atoms. The molecule has 2 aromatic rings. The third-order valence-corrected chi connectivity index (χ3v) is 7.83. The van der Waals surface area contributed by atoms with Gasteiger partial charge in [-0.2, -0.15) is 0 Å². The number of sulfonamides is 1.